The zero-order valence-corrected chi connectivity index (χ0v) is 25.5. The predicted octanol–water partition coefficient (Wildman–Crippen LogP) is 6.44. The molecule has 0 bridgehead atoms. The predicted molar refractivity (Wildman–Crippen MR) is 171 cm³/mol. The standard InChI is InChI=1S/C36H38N4O4/c1-35(2,3)43-34(42)38-30(24-25-32-37-29-22-14-15-23-31(29)40(32)4)33(41)39-44-36(26-16-8-5-9-17-26,27-18-10-6-11-19-27)28-20-12-7-13-21-28/h5-23,30H,24-25H2,1-4H3,(H,38,42)(H,39,41)/t30-/m0/s1. The van der Waals surface area contributed by atoms with Crippen molar-refractivity contribution in [3.8, 4) is 0 Å². The number of nitrogens with zero attached hydrogens (tertiary/aromatic N) is 2. The number of alkyl carbamates (subject to hydrolysis) is 1. The first kappa shape index (κ1) is 30.5. The number of benzene rings is 4. The van der Waals surface area contributed by atoms with Crippen molar-refractivity contribution >= 4 is 23.0 Å². The van der Waals surface area contributed by atoms with Crippen LogP contribution in [0.15, 0.2) is 115 Å². The molecule has 0 saturated heterocycles. The van der Waals surface area contributed by atoms with Gasteiger partial charge >= 0.3 is 6.09 Å². The van der Waals surface area contributed by atoms with Gasteiger partial charge < -0.3 is 14.6 Å². The Morgan fingerprint density at radius 1 is 0.773 bits per heavy atom. The number of rotatable bonds is 10. The van der Waals surface area contributed by atoms with Crippen molar-refractivity contribution in [1.82, 2.24) is 20.3 Å². The lowest BCUT2D eigenvalue weighted by molar-refractivity contribution is -0.145. The van der Waals surface area contributed by atoms with Gasteiger partial charge in [-0.3, -0.25) is 9.63 Å². The fourth-order valence-corrected chi connectivity index (χ4v) is 5.30. The summed E-state index contributed by atoms with van der Waals surface area (Å²) in [6, 6.07) is 36.1. The fraction of sp³-hybridized carbons (Fsp3) is 0.250. The van der Waals surface area contributed by atoms with E-state index >= 15 is 0 Å². The summed E-state index contributed by atoms with van der Waals surface area (Å²) in [5.74, 6) is 0.282. The molecule has 0 aliphatic carbocycles. The molecule has 0 fully saturated rings. The first-order valence-electron chi connectivity index (χ1n) is 14.7. The molecule has 1 heterocycles. The van der Waals surface area contributed by atoms with E-state index in [9.17, 15) is 9.59 Å². The van der Waals surface area contributed by atoms with E-state index < -0.39 is 29.2 Å². The summed E-state index contributed by atoms with van der Waals surface area (Å²) in [5, 5.41) is 2.76. The number of nitrogens with one attached hydrogen (secondary N) is 2. The van der Waals surface area contributed by atoms with Crippen LogP contribution in [-0.2, 0) is 33.4 Å². The van der Waals surface area contributed by atoms with Crippen LogP contribution >= 0.6 is 0 Å². The molecule has 44 heavy (non-hydrogen) atoms. The van der Waals surface area contributed by atoms with Crippen LogP contribution in [0.1, 0.15) is 49.7 Å². The summed E-state index contributed by atoms with van der Waals surface area (Å²) in [4.78, 5) is 38.1. The molecule has 2 amide bonds. The Kier molecular flexibility index (Phi) is 9.11. The number of hydrogen-bond donors (Lipinski definition) is 2. The van der Waals surface area contributed by atoms with Crippen molar-refractivity contribution in [2.75, 3.05) is 0 Å². The van der Waals surface area contributed by atoms with Gasteiger partial charge in [0.05, 0.1) is 11.0 Å². The lowest BCUT2D eigenvalue weighted by Crippen LogP contribution is -2.50. The maximum atomic E-state index is 13.9. The average molecular weight is 591 g/mol. The van der Waals surface area contributed by atoms with Gasteiger partial charge in [0.15, 0.2) is 5.60 Å². The van der Waals surface area contributed by atoms with Crippen molar-refractivity contribution in [2.24, 2.45) is 7.05 Å². The lowest BCUT2D eigenvalue weighted by Gasteiger charge is -2.35. The van der Waals surface area contributed by atoms with Crippen LogP contribution in [0.25, 0.3) is 11.0 Å². The van der Waals surface area contributed by atoms with E-state index in [0.29, 0.717) is 6.42 Å². The molecule has 0 radical (unpaired) electrons. The number of hydroxylamine groups is 1. The van der Waals surface area contributed by atoms with E-state index in [1.807, 2.05) is 127 Å². The van der Waals surface area contributed by atoms with Crippen molar-refractivity contribution in [3.63, 3.8) is 0 Å². The number of ether oxygens (including phenoxy) is 1. The zero-order valence-electron chi connectivity index (χ0n) is 25.5. The Bertz CT molecular complexity index is 1600. The van der Waals surface area contributed by atoms with Crippen LogP contribution < -0.4 is 10.8 Å². The van der Waals surface area contributed by atoms with Crippen molar-refractivity contribution < 1.29 is 19.2 Å². The normalized spacial score (nSPS) is 12.5. The number of amides is 2. The lowest BCUT2D eigenvalue weighted by atomic mass is 9.80. The molecule has 226 valence electrons. The van der Waals surface area contributed by atoms with Gasteiger partial charge in [0.1, 0.15) is 17.5 Å². The van der Waals surface area contributed by atoms with Crippen LogP contribution in [0, 0.1) is 0 Å². The number of imidazole rings is 1. The third kappa shape index (κ3) is 6.82. The van der Waals surface area contributed by atoms with E-state index in [0.717, 1.165) is 33.5 Å². The molecule has 1 aromatic heterocycles. The van der Waals surface area contributed by atoms with Crippen LogP contribution in [0.3, 0.4) is 0 Å². The highest BCUT2D eigenvalue weighted by atomic mass is 16.7. The highest BCUT2D eigenvalue weighted by molar-refractivity contribution is 5.85. The summed E-state index contributed by atoms with van der Waals surface area (Å²) in [6.07, 6.45) is 0.00373. The summed E-state index contributed by atoms with van der Waals surface area (Å²) in [5.41, 5.74) is 5.16. The molecule has 1 atom stereocenters. The molecule has 0 saturated carbocycles. The smallest absolute Gasteiger partial charge is 0.408 e. The molecule has 5 aromatic rings. The molecule has 8 heteroatoms. The zero-order chi connectivity index (χ0) is 31.2. The van der Waals surface area contributed by atoms with Gasteiger partial charge in [0.2, 0.25) is 0 Å². The number of fused-ring (bicyclic) bond motifs is 1. The maximum absolute atomic E-state index is 13.9. The van der Waals surface area contributed by atoms with Crippen LogP contribution in [-0.4, -0.2) is 33.2 Å². The second-order valence-corrected chi connectivity index (χ2v) is 11.7. The van der Waals surface area contributed by atoms with Gasteiger partial charge in [0, 0.05) is 13.5 Å². The molecule has 2 N–H and O–H groups in total. The number of carbonyl (C=O) groups excluding carboxylic acids is 2. The Morgan fingerprint density at radius 3 is 1.77 bits per heavy atom. The number of hydrogen-bond acceptors (Lipinski definition) is 5. The van der Waals surface area contributed by atoms with Gasteiger partial charge in [-0.25, -0.2) is 15.3 Å². The minimum absolute atomic E-state index is 0.264. The summed E-state index contributed by atoms with van der Waals surface area (Å²) in [6.45, 7) is 5.33. The number of para-hydroxylation sites is 2. The summed E-state index contributed by atoms with van der Waals surface area (Å²) < 4.78 is 7.50. The molecule has 0 aliphatic rings. The van der Waals surface area contributed by atoms with E-state index in [1.54, 1.807) is 20.8 Å². The van der Waals surface area contributed by atoms with E-state index in [-0.39, 0.29) is 6.42 Å². The van der Waals surface area contributed by atoms with Gasteiger partial charge in [-0.1, -0.05) is 103 Å². The largest absolute Gasteiger partial charge is 0.444 e. The highest BCUT2D eigenvalue weighted by Gasteiger charge is 2.39. The SMILES string of the molecule is Cn1c(CC[C@H](NC(=O)OC(C)(C)C)C(=O)NOC(c2ccccc2)(c2ccccc2)c2ccccc2)nc2ccccc21. The second-order valence-electron chi connectivity index (χ2n) is 11.7. The van der Waals surface area contributed by atoms with E-state index in [4.69, 9.17) is 14.6 Å². The van der Waals surface area contributed by atoms with Gasteiger partial charge in [-0.2, -0.15) is 0 Å². The summed E-state index contributed by atoms with van der Waals surface area (Å²) >= 11 is 0. The molecular weight excluding hydrogens is 552 g/mol. The maximum Gasteiger partial charge on any atom is 0.408 e. The monoisotopic (exact) mass is 590 g/mol. The van der Waals surface area contributed by atoms with Crippen molar-refractivity contribution in [1.29, 1.82) is 0 Å². The highest BCUT2D eigenvalue weighted by Crippen LogP contribution is 2.39. The average Bonchev–Trinajstić information content (AvgIpc) is 3.35. The van der Waals surface area contributed by atoms with Crippen molar-refractivity contribution in [2.45, 2.75) is 50.9 Å². The number of aromatic nitrogens is 2. The molecular formula is C36H38N4O4. The molecule has 0 unspecified atom stereocenters. The Labute approximate surface area is 258 Å². The van der Waals surface area contributed by atoms with Gasteiger partial charge in [0.25, 0.3) is 5.91 Å². The van der Waals surface area contributed by atoms with Crippen LogP contribution in [0.5, 0.6) is 0 Å². The van der Waals surface area contributed by atoms with Crippen LogP contribution in [0.4, 0.5) is 4.79 Å². The Morgan fingerprint density at radius 2 is 1.27 bits per heavy atom. The molecule has 5 rings (SSSR count). The van der Waals surface area contributed by atoms with Gasteiger partial charge in [-0.05, 0) is 56.0 Å². The molecule has 8 nitrogen and oxygen atoms in total. The first-order valence-corrected chi connectivity index (χ1v) is 14.7. The minimum Gasteiger partial charge on any atom is -0.444 e. The quantitative estimate of drug-likeness (QED) is 0.144. The summed E-state index contributed by atoms with van der Waals surface area (Å²) in [7, 11) is 1.94. The third-order valence-corrected chi connectivity index (χ3v) is 7.39. The fourth-order valence-electron chi connectivity index (χ4n) is 5.30. The Hall–Kier alpha value is -4.95. The first-order chi connectivity index (χ1) is 21.2. The number of carbonyl (C=O) groups is 2. The van der Waals surface area contributed by atoms with Gasteiger partial charge in [-0.15, -0.1) is 0 Å². The minimum atomic E-state index is -1.17. The Balaban J connectivity index is 1.46. The third-order valence-electron chi connectivity index (χ3n) is 7.39. The molecule has 0 spiro atoms. The second kappa shape index (κ2) is 13.1. The van der Waals surface area contributed by atoms with Crippen LogP contribution in [0.2, 0.25) is 0 Å². The van der Waals surface area contributed by atoms with E-state index in [2.05, 4.69) is 10.8 Å². The van der Waals surface area contributed by atoms with Crippen molar-refractivity contribution in [3.05, 3.63) is 138 Å². The number of aryl methyl sites for hydroxylation is 2. The topological polar surface area (TPSA) is 94.5 Å². The molecule has 0 aliphatic heterocycles. The molecule has 4 aromatic carbocycles. The van der Waals surface area contributed by atoms with E-state index in [1.165, 1.54) is 0 Å².